The minimum Gasteiger partial charge on any atom is -0.313 e. The van der Waals surface area contributed by atoms with E-state index >= 15 is 0 Å². The fourth-order valence-corrected chi connectivity index (χ4v) is 3.64. The van der Waals surface area contributed by atoms with Crippen molar-refractivity contribution >= 4 is 39.3 Å². The Morgan fingerprint density at radius 3 is 2.65 bits per heavy atom. The maximum absolute atomic E-state index is 6.01. The van der Waals surface area contributed by atoms with E-state index in [0.29, 0.717) is 0 Å². The van der Waals surface area contributed by atoms with Crippen molar-refractivity contribution in [3.63, 3.8) is 0 Å². The Morgan fingerprint density at radius 2 is 1.95 bits per heavy atom. The molecular weight excluding hydrogens is 354 g/mol. The van der Waals surface area contributed by atoms with E-state index in [9.17, 15) is 0 Å². The molecule has 0 saturated carbocycles. The lowest BCUT2D eigenvalue weighted by atomic mass is 10.2. The second-order valence-electron chi connectivity index (χ2n) is 4.49. The van der Waals surface area contributed by atoms with Gasteiger partial charge in [0.2, 0.25) is 0 Å². The van der Waals surface area contributed by atoms with Gasteiger partial charge in [-0.3, -0.25) is 0 Å². The molecule has 0 aliphatic rings. The summed E-state index contributed by atoms with van der Waals surface area (Å²) in [6.07, 6.45) is 1.15. The van der Waals surface area contributed by atoms with E-state index in [1.54, 1.807) is 11.8 Å². The maximum Gasteiger partial charge on any atom is 0.0417 e. The quantitative estimate of drug-likeness (QED) is 0.649. The van der Waals surface area contributed by atoms with Crippen LogP contribution in [0.15, 0.2) is 56.7 Å². The average Bonchev–Trinajstić information content (AvgIpc) is 2.41. The Bertz CT molecular complexity index is 574. The Morgan fingerprint density at radius 1 is 1.15 bits per heavy atom. The van der Waals surface area contributed by atoms with Crippen LogP contribution in [-0.4, -0.2) is 6.54 Å². The topological polar surface area (TPSA) is 12.0 Å². The summed E-state index contributed by atoms with van der Waals surface area (Å²) in [5.74, 6) is 0. The molecular formula is C16H17BrClNS. The SMILES string of the molecule is CCCNCc1ccc(Sc2cccc(Cl)c2)cc1Br. The molecule has 2 rings (SSSR count). The van der Waals surface area contributed by atoms with Crippen molar-refractivity contribution in [2.24, 2.45) is 0 Å². The lowest BCUT2D eigenvalue weighted by Gasteiger charge is -2.08. The lowest BCUT2D eigenvalue weighted by molar-refractivity contribution is 0.673. The largest absolute Gasteiger partial charge is 0.313 e. The van der Waals surface area contributed by atoms with Crippen LogP contribution in [0, 0.1) is 0 Å². The first-order valence-corrected chi connectivity index (χ1v) is 8.60. The van der Waals surface area contributed by atoms with E-state index < -0.39 is 0 Å². The van der Waals surface area contributed by atoms with Crippen molar-refractivity contribution in [1.82, 2.24) is 5.32 Å². The lowest BCUT2D eigenvalue weighted by Crippen LogP contribution is -2.14. The molecule has 20 heavy (non-hydrogen) atoms. The van der Waals surface area contributed by atoms with Gasteiger partial charge in [-0.1, -0.05) is 58.3 Å². The molecule has 0 aromatic heterocycles. The molecule has 0 radical (unpaired) electrons. The first kappa shape index (κ1) is 15.9. The summed E-state index contributed by atoms with van der Waals surface area (Å²) in [7, 11) is 0. The normalized spacial score (nSPS) is 10.8. The molecule has 4 heteroatoms. The van der Waals surface area contributed by atoms with Crippen LogP contribution in [0.5, 0.6) is 0 Å². The molecule has 0 aliphatic heterocycles. The highest BCUT2D eigenvalue weighted by Crippen LogP contribution is 2.32. The van der Waals surface area contributed by atoms with Gasteiger partial charge in [0.1, 0.15) is 0 Å². The summed E-state index contributed by atoms with van der Waals surface area (Å²) >= 11 is 11.4. The van der Waals surface area contributed by atoms with Crippen LogP contribution in [0.4, 0.5) is 0 Å². The van der Waals surface area contributed by atoms with Gasteiger partial charge in [0.25, 0.3) is 0 Å². The second-order valence-corrected chi connectivity index (χ2v) is 6.93. The Balaban J connectivity index is 2.05. The van der Waals surface area contributed by atoms with Crippen LogP contribution in [0.3, 0.4) is 0 Å². The molecule has 106 valence electrons. The molecule has 0 bridgehead atoms. The third-order valence-corrected chi connectivity index (χ3v) is 4.75. The van der Waals surface area contributed by atoms with Gasteiger partial charge in [-0.05, 0) is 48.9 Å². The fraction of sp³-hybridized carbons (Fsp3) is 0.250. The van der Waals surface area contributed by atoms with E-state index in [1.165, 1.54) is 10.5 Å². The number of benzene rings is 2. The standard InChI is InChI=1S/C16H17BrClNS/c1-2-8-19-11-12-6-7-15(10-16(12)17)20-14-5-3-4-13(18)9-14/h3-7,9-10,19H,2,8,11H2,1H3. The van der Waals surface area contributed by atoms with Gasteiger partial charge in [-0.2, -0.15) is 0 Å². The van der Waals surface area contributed by atoms with Crippen molar-refractivity contribution in [2.45, 2.75) is 29.7 Å². The zero-order valence-corrected chi connectivity index (χ0v) is 14.5. The van der Waals surface area contributed by atoms with Gasteiger partial charge >= 0.3 is 0 Å². The third kappa shape index (κ3) is 4.81. The second kappa shape index (κ2) is 8.08. The monoisotopic (exact) mass is 369 g/mol. The molecule has 0 atom stereocenters. The molecule has 1 nitrogen and oxygen atoms in total. The molecule has 2 aromatic rings. The van der Waals surface area contributed by atoms with Gasteiger partial charge in [0.15, 0.2) is 0 Å². The molecule has 0 saturated heterocycles. The van der Waals surface area contributed by atoms with Crippen LogP contribution in [0.25, 0.3) is 0 Å². The van der Waals surface area contributed by atoms with Gasteiger partial charge in [-0.25, -0.2) is 0 Å². The fourth-order valence-electron chi connectivity index (χ4n) is 1.80. The summed E-state index contributed by atoms with van der Waals surface area (Å²) in [5, 5.41) is 4.19. The minimum atomic E-state index is 0.773. The number of nitrogens with one attached hydrogen (secondary N) is 1. The van der Waals surface area contributed by atoms with Crippen LogP contribution in [-0.2, 0) is 6.54 Å². The minimum absolute atomic E-state index is 0.773. The van der Waals surface area contributed by atoms with Crippen LogP contribution < -0.4 is 5.32 Å². The number of hydrogen-bond acceptors (Lipinski definition) is 2. The van der Waals surface area contributed by atoms with Crippen molar-refractivity contribution < 1.29 is 0 Å². The summed E-state index contributed by atoms with van der Waals surface area (Å²) in [4.78, 5) is 2.36. The molecule has 0 unspecified atom stereocenters. The average molecular weight is 371 g/mol. The predicted octanol–water partition coefficient (Wildman–Crippen LogP) is 5.75. The van der Waals surface area contributed by atoms with Crippen LogP contribution >= 0.6 is 39.3 Å². The summed E-state index contributed by atoms with van der Waals surface area (Å²) in [6, 6.07) is 14.4. The van der Waals surface area contributed by atoms with Crippen molar-refractivity contribution in [3.05, 3.63) is 57.5 Å². The zero-order valence-electron chi connectivity index (χ0n) is 11.3. The molecule has 1 N–H and O–H groups in total. The molecule has 0 heterocycles. The number of hydrogen-bond donors (Lipinski definition) is 1. The highest BCUT2D eigenvalue weighted by molar-refractivity contribution is 9.10. The van der Waals surface area contributed by atoms with Crippen molar-refractivity contribution in [3.8, 4) is 0 Å². The number of halogens is 2. The van der Waals surface area contributed by atoms with Gasteiger partial charge in [0.05, 0.1) is 0 Å². The van der Waals surface area contributed by atoms with Crippen LogP contribution in [0.1, 0.15) is 18.9 Å². The Kier molecular flexibility index (Phi) is 6.43. The zero-order chi connectivity index (χ0) is 14.4. The van der Waals surface area contributed by atoms with E-state index in [0.717, 1.165) is 33.9 Å². The Labute approximate surface area is 138 Å². The molecule has 0 aliphatic carbocycles. The smallest absolute Gasteiger partial charge is 0.0417 e. The summed E-state index contributed by atoms with van der Waals surface area (Å²) < 4.78 is 1.15. The van der Waals surface area contributed by atoms with E-state index in [1.807, 2.05) is 18.2 Å². The highest BCUT2D eigenvalue weighted by Gasteiger charge is 2.03. The van der Waals surface area contributed by atoms with Gasteiger partial charge < -0.3 is 5.32 Å². The van der Waals surface area contributed by atoms with E-state index in [-0.39, 0.29) is 0 Å². The van der Waals surface area contributed by atoms with Crippen molar-refractivity contribution in [2.75, 3.05) is 6.54 Å². The molecule has 0 fully saturated rings. The summed E-state index contributed by atoms with van der Waals surface area (Å²) in [6.45, 7) is 4.12. The Hall–Kier alpha value is -0.480. The number of rotatable bonds is 6. The first-order valence-electron chi connectivity index (χ1n) is 6.61. The van der Waals surface area contributed by atoms with Crippen molar-refractivity contribution in [1.29, 1.82) is 0 Å². The summed E-state index contributed by atoms with van der Waals surface area (Å²) in [5.41, 5.74) is 1.29. The van der Waals surface area contributed by atoms with E-state index in [4.69, 9.17) is 11.6 Å². The van der Waals surface area contributed by atoms with Crippen LogP contribution in [0.2, 0.25) is 5.02 Å². The maximum atomic E-state index is 6.01. The van der Waals surface area contributed by atoms with Gasteiger partial charge in [0, 0.05) is 25.8 Å². The molecule has 0 spiro atoms. The third-order valence-electron chi connectivity index (χ3n) is 2.80. The highest BCUT2D eigenvalue weighted by atomic mass is 79.9. The molecule has 2 aromatic carbocycles. The van der Waals surface area contributed by atoms with E-state index in [2.05, 4.69) is 52.4 Å². The molecule has 0 amide bonds. The first-order chi connectivity index (χ1) is 9.69. The van der Waals surface area contributed by atoms with Gasteiger partial charge in [-0.15, -0.1) is 0 Å². The predicted molar refractivity (Wildman–Crippen MR) is 91.7 cm³/mol.